The van der Waals surface area contributed by atoms with Gasteiger partial charge in [-0.3, -0.25) is 4.79 Å². The fourth-order valence-electron chi connectivity index (χ4n) is 3.83. The molecule has 1 heterocycles. The van der Waals surface area contributed by atoms with Crippen molar-refractivity contribution in [2.75, 3.05) is 56.0 Å². The van der Waals surface area contributed by atoms with E-state index in [2.05, 4.69) is 27.8 Å². The molecule has 8 nitrogen and oxygen atoms in total. The second kappa shape index (κ2) is 12.1. The number of methoxy groups -OCH3 is 2. The van der Waals surface area contributed by atoms with Gasteiger partial charge in [-0.25, -0.2) is 4.79 Å². The van der Waals surface area contributed by atoms with Crippen LogP contribution >= 0.6 is 0 Å². The first-order chi connectivity index (χ1) is 16.0. The van der Waals surface area contributed by atoms with Gasteiger partial charge in [-0.15, -0.1) is 0 Å². The molecule has 0 bridgehead atoms. The Morgan fingerprint density at radius 3 is 2.45 bits per heavy atom. The lowest BCUT2D eigenvalue weighted by Gasteiger charge is -2.33. The molecule has 0 atom stereocenters. The monoisotopic (exact) mass is 454 g/mol. The molecule has 33 heavy (non-hydrogen) atoms. The van der Waals surface area contributed by atoms with Gasteiger partial charge in [0.2, 0.25) is 0 Å². The van der Waals surface area contributed by atoms with Crippen molar-refractivity contribution < 1.29 is 19.1 Å². The third-order valence-electron chi connectivity index (χ3n) is 5.76. The summed E-state index contributed by atoms with van der Waals surface area (Å²) in [7, 11) is 3.22. The molecule has 3 N–H and O–H groups in total. The molecule has 0 saturated carbocycles. The van der Waals surface area contributed by atoms with E-state index in [0.29, 0.717) is 41.8 Å². The van der Waals surface area contributed by atoms with Crippen LogP contribution in [-0.2, 0) is 4.74 Å². The lowest BCUT2D eigenvalue weighted by atomic mass is 9.98. The molecule has 0 spiro atoms. The van der Waals surface area contributed by atoms with E-state index in [9.17, 15) is 9.59 Å². The van der Waals surface area contributed by atoms with Gasteiger partial charge in [-0.2, -0.15) is 0 Å². The van der Waals surface area contributed by atoms with Crippen molar-refractivity contribution in [1.29, 1.82) is 0 Å². The van der Waals surface area contributed by atoms with Crippen LogP contribution < -0.4 is 25.6 Å². The zero-order chi connectivity index (χ0) is 23.6. The van der Waals surface area contributed by atoms with Crippen molar-refractivity contribution in [2.45, 2.75) is 26.2 Å². The molecule has 1 aliphatic heterocycles. The van der Waals surface area contributed by atoms with E-state index < -0.39 is 6.03 Å². The van der Waals surface area contributed by atoms with Crippen LogP contribution in [-0.4, -0.2) is 52.4 Å². The highest BCUT2D eigenvalue weighted by molar-refractivity contribution is 6.04. The predicted molar refractivity (Wildman–Crippen MR) is 132 cm³/mol. The van der Waals surface area contributed by atoms with Gasteiger partial charge in [0.25, 0.3) is 5.91 Å². The average Bonchev–Trinajstić information content (AvgIpc) is 2.82. The zero-order valence-corrected chi connectivity index (χ0v) is 19.6. The quantitative estimate of drug-likeness (QED) is 0.490. The lowest BCUT2D eigenvalue weighted by Crippen LogP contribution is -2.35. The molecule has 8 heteroatoms. The van der Waals surface area contributed by atoms with E-state index in [1.165, 1.54) is 0 Å². The second-order valence-corrected chi connectivity index (χ2v) is 8.31. The molecular weight excluding hydrogens is 420 g/mol. The van der Waals surface area contributed by atoms with Gasteiger partial charge >= 0.3 is 6.03 Å². The van der Waals surface area contributed by atoms with E-state index in [-0.39, 0.29) is 5.91 Å². The number of anilines is 3. The Morgan fingerprint density at radius 1 is 1.03 bits per heavy atom. The molecule has 0 radical (unpaired) electrons. The Labute approximate surface area is 195 Å². The number of hydrogen-bond acceptors (Lipinski definition) is 5. The molecule has 0 aliphatic carbocycles. The first-order valence-corrected chi connectivity index (χ1v) is 11.4. The Kier molecular flexibility index (Phi) is 8.95. The van der Waals surface area contributed by atoms with Crippen LogP contribution in [0.4, 0.5) is 21.9 Å². The number of carbonyl (C=O) groups is 2. The second-order valence-electron chi connectivity index (χ2n) is 8.31. The summed E-state index contributed by atoms with van der Waals surface area (Å²) >= 11 is 0. The van der Waals surface area contributed by atoms with Gasteiger partial charge in [0, 0.05) is 56.5 Å². The van der Waals surface area contributed by atoms with Gasteiger partial charge < -0.3 is 30.3 Å². The fraction of sp³-hybridized carbons (Fsp3) is 0.440. The summed E-state index contributed by atoms with van der Waals surface area (Å²) in [4.78, 5) is 27.8. The van der Waals surface area contributed by atoms with Gasteiger partial charge in [-0.1, -0.05) is 13.0 Å². The summed E-state index contributed by atoms with van der Waals surface area (Å²) in [5.74, 6) is 1.19. The third kappa shape index (κ3) is 7.12. The minimum Gasteiger partial charge on any atom is -0.497 e. The van der Waals surface area contributed by atoms with E-state index in [1.807, 2.05) is 12.1 Å². The standard InChI is InChI=1S/C25H34N4O4/c1-18-10-13-29(14-11-18)23-9-8-20(17-22(23)24(30)26-12-5-15-32-2)28-25(31)27-19-6-4-7-21(16-19)33-3/h4,6-9,16-18H,5,10-15H2,1-3H3,(H,26,30)(H2,27,28,31). The smallest absolute Gasteiger partial charge is 0.323 e. The molecule has 2 aromatic rings. The minimum atomic E-state index is -0.394. The highest BCUT2D eigenvalue weighted by Crippen LogP contribution is 2.29. The highest BCUT2D eigenvalue weighted by atomic mass is 16.5. The number of nitrogens with zero attached hydrogens (tertiary/aromatic N) is 1. The number of benzene rings is 2. The van der Waals surface area contributed by atoms with Gasteiger partial charge in [-0.05, 0) is 55.5 Å². The zero-order valence-electron chi connectivity index (χ0n) is 19.6. The predicted octanol–water partition coefficient (Wildman–Crippen LogP) is 4.34. The summed E-state index contributed by atoms with van der Waals surface area (Å²) in [6, 6.07) is 12.2. The van der Waals surface area contributed by atoms with E-state index in [1.54, 1.807) is 44.6 Å². The third-order valence-corrected chi connectivity index (χ3v) is 5.76. The molecule has 3 rings (SSSR count). The Morgan fingerprint density at radius 2 is 1.76 bits per heavy atom. The van der Waals surface area contributed by atoms with E-state index >= 15 is 0 Å². The maximum absolute atomic E-state index is 13.0. The summed E-state index contributed by atoms with van der Waals surface area (Å²) in [6.45, 7) is 5.19. The Balaban J connectivity index is 1.74. The van der Waals surface area contributed by atoms with Crippen molar-refractivity contribution in [3.8, 4) is 5.75 Å². The molecule has 1 saturated heterocycles. The van der Waals surface area contributed by atoms with Crippen LogP contribution in [0, 0.1) is 5.92 Å². The minimum absolute atomic E-state index is 0.156. The number of amides is 3. The number of carbonyl (C=O) groups excluding carboxylic acids is 2. The molecule has 2 aromatic carbocycles. The highest BCUT2D eigenvalue weighted by Gasteiger charge is 2.22. The Hall–Kier alpha value is -3.26. The van der Waals surface area contributed by atoms with Gasteiger partial charge in [0.05, 0.1) is 12.7 Å². The van der Waals surface area contributed by atoms with E-state index in [4.69, 9.17) is 9.47 Å². The van der Waals surface area contributed by atoms with E-state index in [0.717, 1.165) is 38.0 Å². The maximum Gasteiger partial charge on any atom is 0.323 e. The van der Waals surface area contributed by atoms with Crippen molar-refractivity contribution >= 4 is 29.0 Å². The number of ether oxygens (including phenoxy) is 2. The molecule has 1 aliphatic rings. The number of rotatable bonds is 9. The summed E-state index contributed by atoms with van der Waals surface area (Å²) < 4.78 is 10.3. The van der Waals surface area contributed by atoms with Crippen LogP contribution in [0.15, 0.2) is 42.5 Å². The maximum atomic E-state index is 13.0. The topological polar surface area (TPSA) is 91.9 Å². The van der Waals surface area contributed by atoms with Crippen LogP contribution in [0.25, 0.3) is 0 Å². The number of hydrogen-bond donors (Lipinski definition) is 3. The first kappa shape index (κ1) is 24.4. The largest absolute Gasteiger partial charge is 0.497 e. The number of urea groups is 1. The van der Waals surface area contributed by atoms with Crippen LogP contribution in [0.3, 0.4) is 0 Å². The molecular formula is C25H34N4O4. The summed E-state index contributed by atoms with van der Waals surface area (Å²) in [6.07, 6.45) is 2.93. The van der Waals surface area contributed by atoms with Gasteiger partial charge in [0.1, 0.15) is 5.75 Å². The van der Waals surface area contributed by atoms with Crippen molar-refractivity contribution in [3.63, 3.8) is 0 Å². The molecule has 0 unspecified atom stereocenters. The summed E-state index contributed by atoms with van der Waals surface area (Å²) in [5.41, 5.74) is 2.61. The summed E-state index contributed by atoms with van der Waals surface area (Å²) in [5, 5.41) is 8.58. The molecule has 178 valence electrons. The average molecular weight is 455 g/mol. The number of piperidine rings is 1. The fourth-order valence-corrected chi connectivity index (χ4v) is 3.83. The molecule has 1 fully saturated rings. The Bertz CT molecular complexity index is 942. The molecule has 3 amide bonds. The van der Waals surface area contributed by atoms with Crippen LogP contribution in [0.1, 0.15) is 36.5 Å². The van der Waals surface area contributed by atoms with Crippen LogP contribution in [0.2, 0.25) is 0 Å². The molecule has 0 aromatic heterocycles. The van der Waals surface area contributed by atoms with Gasteiger partial charge in [0.15, 0.2) is 0 Å². The first-order valence-electron chi connectivity index (χ1n) is 11.4. The lowest BCUT2D eigenvalue weighted by molar-refractivity contribution is 0.0949. The van der Waals surface area contributed by atoms with Crippen molar-refractivity contribution in [2.24, 2.45) is 5.92 Å². The van der Waals surface area contributed by atoms with Crippen molar-refractivity contribution in [1.82, 2.24) is 5.32 Å². The number of nitrogens with one attached hydrogen (secondary N) is 3. The SMILES string of the molecule is COCCCNC(=O)c1cc(NC(=O)Nc2cccc(OC)c2)ccc1N1CCC(C)CC1. The normalized spacial score (nSPS) is 14.0. The van der Waals surface area contributed by atoms with Crippen LogP contribution in [0.5, 0.6) is 5.75 Å². The van der Waals surface area contributed by atoms with Crippen molar-refractivity contribution in [3.05, 3.63) is 48.0 Å².